The van der Waals surface area contributed by atoms with E-state index in [-0.39, 0.29) is 18.6 Å². The van der Waals surface area contributed by atoms with E-state index in [0.717, 1.165) is 17.8 Å². The minimum atomic E-state index is -0.0831. The van der Waals surface area contributed by atoms with Crippen molar-refractivity contribution in [2.75, 3.05) is 13.2 Å². The van der Waals surface area contributed by atoms with Crippen molar-refractivity contribution < 1.29 is 9.53 Å². The third-order valence-corrected chi connectivity index (χ3v) is 4.64. The molecule has 0 aliphatic carbocycles. The van der Waals surface area contributed by atoms with Crippen molar-refractivity contribution >= 4 is 5.91 Å². The summed E-state index contributed by atoms with van der Waals surface area (Å²) in [7, 11) is 0. The zero-order valence-corrected chi connectivity index (χ0v) is 14.5. The molecule has 1 N–H and O–H groups in total. The van der Waals surface area contributed by atoms with Crippen LogP contribution in [0.1, 0.15) is 17.2 Å². The molecular weight excluding hydrogens is 326 g/mol. The normalized spacial score (nSPS) is 16.1. The van der Waals surface area contributed by atoms with Gasteiger partial charge in [-0.15, -0.1) is 0 Å². The van der Waals surface area contributed by atoms with Crippen LogP contribution >= 0.6 is 0 Å². The van der Waals surface area contributed by atoms with E-state index in [1.165, 1.54) is 11.1 Å². The van der Waals surface area contributed by atoms with Gasteiger partial charge < -0.3 is 14.6 Å². The maximum absolute atomic E-state index is 12.4. The number of nitrogens with one attached hydrogen (secondary N) is 1. The molecule has 132 valence electrons. The molecular formula is C21H21N3O2. The SMILES string of the molecule is O=C(Cn1ccnc1-c1ccccc1)NC[C@H]1OCCc2ccccc21. The topological polar surface area (TPSA) is 56.2 Å². The Balaban J connectivity index is 1.40. The number of fused-ring (bicyclic) bond motifs is 1. The summed E-state index contributed by atoms with van der Waals surface area (Å²) < 4.78 is 7.71. The molecule has 1 atom stereocenters. The van der Waals surface area contributed by atoms with E-state index < -0.39 is 0 Å². The van der Waals surface area contributed by atoms with Gasteiger partial charge in [-0.25, -0.2) is 4.98 Å². The third-order valence-electron chi connectivity index (χ3n) is 4.64. The fourth-order valence-corrected chi connectivity index (χ4v) is 3.35. The number of benzene rings is 2. The summed E-state index contributed by atoms with van der Waals surface area (Å²) >= 11 is 0. The average Bonchev–Trinajstić information content (AvgIpc) is 3.15. The molecule has 0 fully saturated rings. The summed E-state index contributed by atoms with van der Waals surface area (Å²) in [5.41, 5.74) is 3.47. The van der Waals surface area contributed by atoms with E-state index in [2.05, 4.69) is 22.4 Å². The lowest BCUT2D eigenvalue weighted by molar-refractivity contribution is -0.122. The number of nitrogens with zero attached hydrogens (tertiary/aromatic N) is 2. The number of hydrogen-bond donors (Lipinski definition) is 1. The smallest absolute Gasteiger partial charge is 0.240 e. The second kappa shape index (κ2) is 7.54. The van der Waals surface area contributed by atoms with E-state index in [9.17, 15) is 4.79 Å². The van der Waals surface area contributed by atoms with Crippen molar-refractivity contribution in [2.24, 2.45) is 0 Å². The maximum atomic E-state index is 12.4. The Bertz CT molecular complexity index is 889. The van der Waals surface area contributed by atoms with E-state index in [0.29, 0.717) is 13.2 Å². The van der Waals surface area contributed by atoms with Gasteiger partial charge in [0.1, 0.15) is 18.5 Å². The summed E-state index contributed by atoms with van der Waals surface area (Å²) in [5.74, 6) is 0.742. The standard InChI is InChI=1S/C21H21N3O2/c25-20(15-24-12-11-22-21(24)17-7-2-1-3-8-17)23-14-19-18-9-5-4-6-16(18)10-13-26-19/h1-9,11-12,19H,10,13-15H2,(H,23,25)/t19-/m1/s1. The molecule has 5 heteroatoms. The van der Waals surface area contributed by atoms with E-state index >= 15 is 0 Å². The number of ether oxygens (including phenoxy) is 1. The Kier molecular flexibility index (Phi) is 4.80. The second-order valence-corrected chi connectivity index (χ2v) is 6.36. The molecule has 1 aromatic heterocycles. The van der Waals surface area contributed by atoms with Crippen molar-refractivity contribution in [3.8, 4) is 11.4 Å². The van der Waals surface area contributed by atoms with Gasteiger partial charge in [0.2, 0.25) is 5.91 Å². The Morgan fingerprint density at radius 2 is 1.96 bits per heavy atom. The van der Waals surface area contributed by atoms with Crippen LogP contribution < -0.4 is 5.32 Å². The highest BCUT2D eigenvalue weighted by Crippen LogP contribution is 2.26. The van der Waals surface area contributed by atoms with Crippen molar-refractivity contribution in [1.29, 1.82) is 0 Å². The predicted octanol–water partition coefficient (Wildman–Crippen LogP) is 2.98. The zero-order chi connectivity index (χ0) is 17.8. The highest BCUT2D eigenvalue weighted by molar-refractivity contribution is 5.76. The molecule has 0 bridgehead atoms. The first-order valence-electron chi connectivity index (χ1n) is 8.84. The number of aromatic nitrogens is 2. The number of imidazole rings is 1. The largest absolute Gasteiger partial charge is 0.371 e. The van der Waals surface area contributed by atoms with Crippen molar-refractivity contribution in [3.63, 3.8) is 0 Å². The molecule has 2 aromatic carbocycles. The molecule has 0 saturated carbocycles. The minimum Gasteiger partial charge on any atom is -0.371 e. The highest BCUT2D eigenvalue weighted by atomic mass is 16.5. The number of carbonyl (C=O) groups is 1. The predicted molar refractivity (Wildman–Crippen MR) is 99.5 cm³/mol. The first-order valence-corrected chi connectivity index (χ1v) is 8.84. The zero-order valence-electron chi connectivity index (χ0n) is 14.5. The van der Waals surface area contributed by atoms with Crippen LogP contribution in [0.5, 0.6) is 0 Å². The quantitative estimate of drug-likeness (QED) is 0.772. The van der Waals surface area contributed by atoms with Crippen LogP contribution in [0.25, 0.3) is 11.4 Å². The molecule has 1 amide bonds. The van der Waals surface area contributed by atoms with Gasteiger partial charge in [-0.05, 0) is 17.5 Å². The first kappa shape index (κ1) is 16.5. The van der Waals surface area contributed by atoms with Crippen LogP contribution in [0, 0.1) is 0 Å². The molecule has 1 aliphatic rings. The molecule has 0 unspecified atom stereocenters. The van der Waals surface area contributed by atoms with E-state index in [1.807, 2.05) is 53.2 Å². The van der Waals surface area contributed by atoms with Crippen molar-refractivity contribution in [2.45, 2.75) is 19.1 Å². The fraction of sp³-hybridized carbons (Fsp3) is 0.238. The second-order valence-electron chi connectivity index (χ2n) is 6.36. The summed E-state index contributed by atoms with van der Waals surface area (Å²) in [4.78, 5) is 16.8. The van der Waals surface area contributed by atoms with Crippen LogP contribution in [0.3, 0.4) is 0 Å². The minimum absolute atomic E-state index is 0.0492. The molecule has 0 saturated heterocycles. The lowest BCUT2D eigenvalue weighted by Gasteiger charge is -2.26. The Labute approximate surface area is 152 Å². The van der Waals surface area contributed by atoms with Crippen LogP contribution in [0.15, 0.2) is 67.0 Å². The Hall–Kier alpha value is -2.92. The summed E-state index contributed by atoms with van der Waals surface area (Å²) in [6.07, 6.45) is 4.39. The molecule has 26 heavy (non-hydrogen) atoms. The molecule has 1 aliphatic heterocycles. The van der Waals surface area contributed by atoms with Crippen molar-refractivity contribution in [1.82, 2.24) is 14.9 Å². The van der Waals surface area contributed by atoms with Gasteiger partial charge in [0, 0.05) is 24.5 Å². The third kappa shape index (κ3) is 3.53. The lowest BCUT2D eigenvalue weighted by Crippen LogP contribution is -2.34. The number of hydrogen-bond acceptors (Lipinski definition) is 3. The maximum Gasteiger partial charge on any atom is 0.240 e. The number of carbonyl (C=O) groups excluding carboxylic acids is 1. The van der Waals surface area contributed by atoms with Gasteiger partial charge in [-0.1, -0.05) is 54.6 Å². The molecule has 2 heterocycles. The van der Waals surface area contributed by atoms with Gasteiger partial charge in [-0.2, -0.15) is 0 Å². The Morgan fingerprint density at radius 3 is 2.85 bits per heavy atom. The fourth-order valence-electron chi connectivity index (χ4n) is 3.35. The lowest BCUT2D eigenvalue weighted by atomic mass is 9.97. The average molecular weight is 347 g/mol. The van der Waals surface area contributed by atoms with E-state index in [4.69, 9.17) is 4.74 Å². The van der Waals surface area contributed by atoms with Gasteiger partial charge in [0.05, 0.1) is 6.61 Å². The van der Waals surface area contributed by atoms with Gasteiger partial charge in [-0.3, -0.25) is 4.79 Å². The molecule has 0 spiro atoms. The van der Waals surface area contributed by atoms with E-state index in [1.54, 1.807) is 6.20 Å². The van der Waals surface area contributed by atoms with Crippen LogP contribution in [-0.4, -0.2) is 28.6 Å². The number of amides is 1. The van der Waals surface area contributed by atoms with Crippen LogP contribution in [0.2, 0.25) is 0 Å². The monoisotopic (exact) mass is 347 g/mol. The Morgan fingerprint density at radius 1 is 1.15 bits per heavy atom. The van der Waals surface area contributed by atoms with Gasteiger partial charge in [0.15, 0.2) is 0 Å². The first-order chi connectivity index (χ1) is 12.8. The summed E-state index contributed by atoms with van der Waals surface area (Å²) in [6.45, 7) is 1.40. The molecule has 3 aromatic rings. The highest BCUT2D eigenvalue weighted by Gasteiger charge is 2.21. The van der Waals surface area contributed by atoms with Crippen LogP contribution in [-0.2, 0) is 22.5 Å². The van der Waals surface area contributed by atoms with Crippen LogP contribution in [0.4, 0.5) is 0 Å². The molecule has 5 nitrogen and oxygen atoms in total. The van der Waals surface area contributed by atoms with Gasteiger partial charge >= 0.3 is 0 Å². The van der Waals surface area contributed by atoms with Gasteiger partial charge in [0.25, 0.3) is 0 Å². The molecule has 0 radical (unpaired) electrons. The number of rotatable bonds is 5. The summed E-state index contributed by atoms with van der Waals surface area (Å²) in [6, 6.07) is 18.1. The summed E-state index contributed by atoms with van der Waals surface area (Å²) in [5, 5.41) is 3.00. The van der Waals surface area contributed by atoms with Crippen molar-refractivity contribution in [3.05, 3.63) is 78.1 Å². The molecule has 4 rings (SSSR count).